The molecule has 0 saturated heterocycles. The third-order valence-electron chi connectivity index (χ3n) is 5.46. The van der Waals surface area contributed by atoms with Crippen LogP contribution in [0.4, 0.5) is 4.39 Å². The molecule has 3 rings (SSSR count). The largest absolute Gasteiger partial charge is 0.494 e. The molecule has 0 saturated carbocycles. The van der Waals surface area contributed by atoms with Crippen LogP contribution in [0.5, 0.6) is 5.75 Å². The molecule has 0 aliphatic carbocycles. The van der Waals surface area contributed by atoms with Crippen LogP contribution in [-0.2, 0) is 6.42 Å². The number of carbonyl (C=O) groups excluding carboxylic acids is 1. The summed E-state index contributed by atoms with van der Waals surface area (Å²) in [6.45, 7) is 4.70. The fourth-order valence-corrected chi connectivity index (χ4v) is 3.76. The minimum atomic E-state index is -0.335. The first-order chi connectivity index (χ1) is 14.5. The molecule has 0 bridgehead atoms. The Hall–Kier alpha value is -2.65. The van der Waals surface area contributed by atoms with Gasteiger partial charge in [-0.1, -0.05) is 41.9 Å². The highest BCUT2D eigenvalue weighted by Crippen LogP contribution is 2.31. The molecule has 156 valence electrons. The topological polar surface area (TPSA) is 26.3 Å². The van der Waals surface area contributed by atoms with E-state index in [1.165, 1.54) is 16.7 Å². The van der Waals surface area contributed by atoms with Crippen LogP contribution in [0.25, 0.3) is 0 Å². The summed E-state index contributed by atoms with van der Waals surface area (Å²) in [7, 11) is 0. The second-order valence-corrected chi connectivity index (χ2v) is 8.05. The van der Waals surface area contributed by atoms with Crippen molar-refractivity contribution in [1.29, 1.82) is 0 Å². The lowest BCUT2D eigenvalue weighted by Gasteiger charge is -2.20. The summed E-state index contributed by atoms with van der Waals surface area (Å²) in [5.74, 6) is 0.394. The van der Waals surface area contributed by atoms with Gasteiger partial charge >= 0.3 is 0 Å². The molecular weight excluding hydrogens is 399 g/mol. The summed E-state index contributed by atoms with van der Waals surface area (Å²) in [6, 6.07) is 18.6. The van der Waals surface area contributed by atoms with Gasteiger partial charge < -0.3 is 4.74 Å². The maximum Gasteiger partial charge on any atom is 0.150 e. The Labute approximate surface area is 182 Å². The van der Waals surface area contributed by atoms with E-state index in [2.05, 4.69) is 32.0 Å². The van der Waals surface area contributed by atoms with E-state index in [-0.39, 0.29) is 16.8 Å². The molecule has 0 N–H and O–H groups in total. The summed E-state index contributed by atoms with van der Waals surface area (Å²) in [6.07, 6.45) is 3.10. The van der Waals surface area contributed by atoms with Crippen molar-refractivity contribution in [3.63, 3.8) is 0 Å². The number of benzene rings is 3. The van der Waals surface area contributed by atoms with E-state index < -0.39 is 0 Å². The maximum atomic E-state index is 14.8. The van der Waals surface area contributed by atoms with Gasteiger partial charge in [0, 0.05) is 5.56 Å². The smallest absolute Gasteiger partial charge is 0.150 e. The molecule has 2 nitrogen and oxygen atoms in total. The monoisotopic (exact) mass is 424 g/mol. The Morgan fingerprint density at radius 3 is 2.50 bits per heavy atom. The van der Waals surface area contributed by atoms with Crippen LogP contribution >= 0.6 is 11.6 Å². The Morgan fingerprint density at radius 1 is 1.03 bits per heavy atom. The van der Waals surface area contributed by atoms with Gasteiger partial charge in [-0.15, -0.1) is 0 Å². The molecule has 30 heavy (non-hydrogen) atoms. The summed E-state index contributed by atoms with van der Waals surface area (Å²) >= 11 is 6.05. The van der Waals surface area contributed by atoms with Gasteiger partial charge in [-0.25, -0.2) is 4.39 Å². The van der Waals surface area contributed by atoms with Gasteiger partial charge in [-0.2, -0.15) is 0 Å². The lowest BCUT2D eigenvalue weighted by atomic mass is 9.87. The van der Waals surface area contributed by atoms with E-state index in [9.17, 15) is 9.18 Å². The molecule has 0 aliphatic heterocycles. The molecule has 0 aliphatic rings. The molecular formula is C26H26ClFO2. The molecule has 3 aromatic rings. The number of aryl methyl sites for hydroxylation is 2. The Morgan fingerprint density at radius 2 is 1.80 bits per heavy atom. The lowest BCUT2D eigenvalue weighted by Crippen LogP contribution is -2.09. The van der Waals surface area contributed by atoms with Crippen LogP contribution in [-0.4, -0.2) is 12.9 Å². The van der Waals surface area contributed by atoms with E-state index in [1.54, 1.807) is 36.4 Å². The number of halogens is 2. The minimum absolute atomic E-state index is 0.00634. The van der Waals surface area contributed by atoms with Gasteiger partial charge in [-0.05, 0) is 91.6 Å². The molecule has 0 fully saturated rings. The second kappa shape index (κ2) is 10.4. The first-order valence-electron chi connectivity index (χ1n) is 10.2. The fourth-order valence-electron chi connectivity index (χ4n) is 3.58. The van der Waals surface area contributed by atoms with Gasteiger partial charge in [0.15, 0.2) is 0 Å². The first kappa shape index (κ1) is 22.0. The Balaban J connectivity index is 1.69. The van der Waals surface area contributed by atoms with Crippen molar-refractivity contribution in [1.82, 2.24) is 0 Å². The van der Waals surface area contributed by atoms with Gasteiger partial charge in [0.1, 0.15) is 17.9 Å². The predicted molar refractivity (Wildman–Crippen MR) is 120 cm³/mol. The van der Waals surface area contributed by atoms with Crippen molar-refractivity contribution < 1.29 is 13.9 Å². The number of hydrogen-bond acceptors (Lipinski definition) is 2. The normalized spacial score (nSPS) is 11.9. The van der Waals surface area contributed by atoms with Gasteiger partial charge in [-0.3, -0.25) is 4.79 Å². The molecule has 1 atom stereocenters. The zero-order valence-electron chi connectivity index (χ0n) is 17.3. The Kier molecular flexibility index (Phi) is 7.64. The standard InChI is InChI=1S/C26H26ClFO2/c1-18-8-9-21(15-19(18)2)16-22(24-6-3-7-25(27)26(24)28)5-4-14-30-23-12-10-20(17-29)11-13-23/h3,6-13,15,17,22H,4-5,14,16H2,1-2H3/t22-/m1/s1. The van der Waals surface area contributed by atoms with E-state index in [0.29, 0.717) is 17.7 Å². The molecule has 0 unspecified atom stereocenters. The second-order valence-electron chi connectivity index (χ2n) is 7.64. The van der Waals surface area contributed by atoms with E-state index in [1.807, 2.05) is 6.07 Å². The minimum Gasteiger partial charge on any atom is -0.494 e. The van der Waals surface area contributed by atoms with Crippen molar-refractivity contribution in [3.8, 4) is 5.75 Å². The summed E-state index contributed by atoms with van der Waals surface area (Å²) in [4.78, 5) is 10.7. The van der Waals surface area contributed by atoms with Crippen LogP contribution in [0.3, 0.4) is 0 Å². The summed E-state index contributed by atoms with van der Waals surface area (Å²) in [5, 5.41) is 0.157. The van der Waals surface area contributed by atoms with Crippen LogP contribution in [0, 0.1) is 19.7 Å². The number of aldehydes is 1. The molecule has 0 amide bonds. The van der Waals surface area contributed by atoms with Crippen LogP contribution in [0.15, 0.2) is 60.7 Å². The molecule has 0 heterocycles. The quantitative estimate of drug-likeness (QED) is 0.270. The van der Waals surface area contributed by atoms with E-state index >= 15 is 0 Å². The van der Waals surface area contributed by atoms with Crippen LogP contribution in [0.1, 0.15) is 51.4 Å². The molecule has 3 aromatic carbocycles. The van der Waals surface area contributed by atoms with Crippen molar-refractivity contribution >= 4 is 17.9 Å². The van der Waals surface area contributed by atoms with Gasteiger partial charge in [0.2, 0.25) is 0 Å². The third-order valence-corrected chi connectivity index (χ3v) is 5.75. The zero-order valence-corrected chi connectivity index (χ0v) is 18.1. The lowest BCUT2D eigenvalue weighted by molar-refractivity contribution is 0.112. The number of rotatable bonds is 9. The van der Waals surface area contributed by atoms with Crippen LogP contribution in [0.2, 0.25) is 5.02 Å². The predicted octanol–water partition coefficient (Wildman–Crippen LogP) is 7.09. The third kappa shape index (κ3) is 5.70. The first-order valence-corrected chi connectivity index (χ1v) is 10.5. The van der Waals surface area contributed by atoms with Crippen molar-refractivity contribution in [2.24, 2.45) is 0 Å². The summed E-state index contributed by atoms with van der Waals surface area (Å²) < 4.78 is 20.5. The van der Waals surface area contributed by atoms with E-state index in [4.69, 9.17) is 16.3 Å². The Bertz CT molecular complexity index is 998. The van der Waals surface area contributed by atoms with Crippen molar-refractivity contribution in [2.75, 3.05) is 6.61 Å². The van der Waals surface area contributed by atoms with Gasteiger partial charge in [0.05, 0.1) is 11.6 Å². The highest BCUT2D eigenvalue weighted by molar-refractivity contribution is 6.30. The van der Waals surface area contributed by atoms with Gasteiger partial charge in [0.25, 0.3) is 0 Å². The average Bonchev–Trinajstić information content (AvgIpc) is 2.75. The van der Waals surface area contributed by atoms with Crippen LogP contribution < -0.4 is 4.74 Å². The molecule has 0 spiro atoms. The summed E-state index contributed by atoms with van der Waals surface area (Å²) in [5.41, 5.74) is 4.94. The molecule has 0 aromatic heterocycles. The highest BCUT2D eigenvalue weighted by Gasteiger charge is 2.18. The fraction of sp³-hybridized carbons (Fsp3) is 0.269. The molecule has 0 radical (unpaired) electrons. The number of carbonyl (C=O) groups is 1. The molecule has 4 heteroatoms. The average molecular weight is 425 g/mol. The highest BCUT2D eigenvalue weighted by atomic mass is 35.5. The zero-order chi connectivity index (χ0) is 21.5. The van der Waals surface area contributed by atoms with Crippen molar-refractivity contribution in [2.45, 2.75) is 39.0 Å². The van der Waals surface area contributed by atoms with Crippen molar-refractivity contribution in [3.05, 3.63) is 99.3 Å². The van der Waals surface area contributed by atoms with E-state index in [0.717, 1.165) is 31.3 Å². The SMILES string of the molecule is Cc1ccc(C[C@@H](CCCOc2ccc(C=O)cc2)c2cccc(Cl)c2F)cc1C. The number of hydrogen-bond donors (Lipinski definition) is 0. The number of ether oxygens (including phenoxy) is 1. The maximum absolute atomic E-state index is 14.8.